The van der Waals surface area contributed by atoms with Crippen LogP contribution in [0.15, 0.2) is 35.9 Å². The minimum Gasteiger partial charge on any atom is -0.376 e. The van der Waals surface area contributed by atoms with Gasteiger partial charge in [-0.2, -0.15) is 0 Å². The van der Waals surface area contributed by atoms with Crippen LogP contribution in [0.4, 0.5) is 0 Å². The summed E-state index contributed by atoms with van der Waals surface area (Å²) in [5.74, 6) is 0. The molecule has 1 aliphatic rings. The number of aromatic nitrogens is 3. The van der Waals surface area contributed by atoms with Crippen molar-refractivity contribution in [1.29, 1.82) is 0 Å². The molecular formula is C17H24N4O3S. The molecule has 2 aromatic heterocycles. The summed E-state index contributed by atoms with van der Waals surface area (Å²) < 4.78 is 31.6. The monoisotopic (exact) mass is 364 g/mol. The van der Waals surface area contributed by atoms with Crippen molar-refractivity contribution in [2.24, 2.45) is 0 Å². The normalized spacial score (nSPS) is 18.1. The van der Waals surface area contributed by atoms with E-state index in [1.54, 1.807) is 17.0 Å². The molecule has 3 heterocycles. The van der Waals surface area contributed by atoms with Crippen molar-refractivity contribution in [1.82, 2.24) is 19.4 Å². The molecular weight excluding hydrogens is 340 g/mol. The summed E-state index contributed by atoms with van der Waals surface area (Å²) in [6, 6.07) is 3.93. The summed E-state index contributed by atoms with van der Waals surface area (Å²) >= 11 is 0. The fraction of sp³-hybridized carbons (Fsp3) is 0.529. The zero-order valence-electron chi connectivity index (χ0n) is 14.6. The molecule has 0 aromatic carbocycles. The van der Waals surface area contributed by atoms with E-state index < -0.39 is 9.84 Å². The molecule has 1 aliphatic heterocycles. The number of pyridine rings is 1. The Hall–Kier alpha value is -1.77. The maximum absolute atomic E-state index is 12.1. The van der Waals surface area contributed by atoms with Crippen molar-refractivity contribution in [3.63, 3.8) is 0 Å². The van der Waals surface area contributed by atoms with Gasteiger partial charge in [-0.25, -0.2) is 13.4 Å². The summed E-state index contributed by atoms with van der Waals surface area (Å²) in [5, 5.41) is 0.118. The number of rotatable bonds is 7. The first kappa shape index (κ1) is 18.0. The van der Waals surface area contributed by atoms with Crippen molar-refractivity contribution in [2.45, 2.75) is 43.7 Å². The summed E-state index contributed by atoms with van der Waals surface area (Å²) in [4.78, 5) is 10.4. The molecule has 25 heavy (non-hydrogen) atoms. The molecule has 1 atom stereocenters. The van der Waals surface area contributed by atoms with E-state index in [9.17, 15) is 8.42 Å². The van der Waals surface area contributed by atoms with Crippen LogP contribution in [-0.4, -0.2) is 53.9 Å². The predicted molar refractivity (Wildman–Crippen MR) is 93.7 cm³/mol. The summed E-state index contributed by atoms with van der Waals surface area (Å²) in [6.45, 7) is 2.60. The van der Waals surface area contributed by atoms with Crippen LogP contribution < -0.4 is 0 Å². The van der Waals surface area contributed by atoms with Gasteiger partial charge in [-0.3, -0.25) is 9.88 Å². The van der Waals surface area contributed by atoms with E-state index in [0.29, 0.717) is 13.1 Å². The number of ether oxygens (including phenoxy) is 1. The molecule has 8 heteroatoms. The SMILES string of the molecule is CN(Cc1cccnc1)Cc1cnc(S(C)(=O)=O)n1CC1CCCO1. The predicted octanol–water partition coefficient (Wildman–Crippen LogP) is 1.49. The highest BCUT2D eigenvalue weighted by Crippen LogP contribution is 2.20. The zero-order chi connectivity index (χ0) is 17.9. The van der Waals surface area contributed by atoms with Crippen molar-refractivity contribution in [3.05, 3.63) is 42.0 Å². The van der Waals surface area contributed by atoms with Gasteiger partial charge < -0.3 is 9.30 Å². The Labute approximate surface area is 148 Å². The van der Waals surface area contributed by atoms with Gasteiger partial charge in [0.1, 0.15) is 0 Å². The average molecular weight is 364 g/mol. The number of hydrogen-bond donors (Lipinski definition) is 0. The maximum Gasteiger partial charge on any atom is 0.227 e. The lowest BCUT2D eigenvalue weighted by Gasteiger charge is -2.20. The van der Waals surface area contributed by atoms with E-state index in [0.717, 1.165) is 37.3 Å². The minimum atomic E-state index is -3.38. The molecule has 1 saturated heterocycles. The van der Waals surface area contributed by atoms with E-state index in [1.165, 1.54) is 6.26 Å². The highest BCUT2D eigenvalue weighted by atomic mass is 32.2. The molecule has 0 N–H and O–H groups in total. The van der Waals surface area contributed by atoms with Gasteiger partial charge in [-0.15, -0.1) is 0 Å². The Morgan fingerprint density at radius 2 is 2.20 bits per heavy atom. The zero-order valence-corrected chi connectivity index (χ0v) is 15.4. The molecule has 7 nitrogen and oxygen atoms in total. The number of sulfone groups is 1. The molecule has 136 valence electrons. The van der Waals surface area contributed by atoms with Gasteiger partial charge in [-0.1, -0.05) is 6.07 Å². The van der Waals surface area contributed by atoms with E-state index in [-0.39, 0.29) is 11.3 Å². The fourth-order valence-electron chi connectivity index (χ4n) is 3.14. The second-order valence-corrected chi connectivity index (χ2v) is 8.49. The molecule has 3 rings (SSSR count). The molecule has 0 amide bonds. The van der Waals surface area contributed by atoms with E-state index in [1.807, 2.05) is 25.4 Å². The van der Waals surface area contributed by atoms with Crippen LogP contribution in [0.1, 0.15) is 24.1 Å². The molecule has 0 radical (unpaired) electrons. The van der Waals surface area contributed by atoms with Crippen LogP contribution in [0.3, 0.4) is 0 Å². The highest BCUT2D eigenvalue weighted by molar-refractivity contribution is 7.90. The van der Waals surface area contributed by atoms with Gasteiger partial charge in [0, 0.05) is 38.3 Å². The van der Waals surface area contributed by atoms with E-state index in [2.05, 4.69) is 14.9 Å². The first-order chi connectivity index (χ1) is 11.9. The van der Waals surface area contributed by atoms with Crippen LogP contribution in [0.5, 0.6) is 0 Å². The Balaban J connectivity index is 1.78. The van der Waals surface area contributed by atoms with Crippen molar-refractivity contribution in [2.75, 3.05) is 19.9 Å². The Morgan fingerprint density at radius 3 is 2.84 bits per heavy atom. The maximum atomic E-state index is 12.1. The molecule has 1 unspecified atom stereocenters. The largest absolute Gasteiger partial charge is 0.376 e. The van der Waals surface area contributed by atoms with Gasteiger partial charge >= 0.3 is 0 Å². The Morgan fingerprint density at radius 1 is 1.36 bits per heavy atom. The topological polar surface area (TPSA) is 77.3 Å². The molecule has 0 bridgehead atoms. The molecule has 0 spiro atoms. The Bertz CT molecular complexity index is 799. The lowest BCUT2D eigenvalue weighted by molar-refractivity contribution is 0.0934. The van der Waals surface area contributed by atoms with Crippen LogP contribution in [0, 0.1) is 0 Å². The smallest absolute Gasteiger partial charge is 0.227 e. The van der Waals surface area contributed by atoms with Gasteiger partial charge in [0.05, 0.1) is 24.5 Å². The minimum absolute atomic E-state index is 0.0529. The highest BCUT2D eigenvalue weighted by Gasteiger charge is 2.24. The first-order valence-electron chi connectivity index (χ1n) is 8.37. The second kappa shape index (κ2) is 7.63. The number of hydrogen-bond acceptors (Lipinski definition) is 6. The van der Waals surface area contributed by atoms with Crippen molar-refractivity contribution >= 4 is 9.84 Å². The standard InChI is InChI=1S/C17H24N4O3S/c1-20(11-14-5-3-7-18-9-14)12-15-10-19-17(25(2,22)23)21(15)13-16-6-4-8-24-16/h3,5,7,9-10,16H,4,6,8,11-13H2,1-2H3. The van der Waals surface area contributed by atoms with E-state index >= 15 is 0 Å². The summed E-state index contributed by atoms with van der Waals surface area (Å²) in [6.07, 6.45) is 8.46. The van der Waals surface area contributed by atoms with Crippen molar-refractivity contribution < 1.29 is 13.2 Å². The lowest BCUT2D eigenvalue weighted by Crippen LogP contribution is -2.24. The third kappa shape index (κ3) is 4.65. The summed E-state index contributed by atoms with van der Waals surface area (Å²) in [5.41, 5.74) is 1.99. The van der Waals surface area contributed by atoms with Crippen LogP contribution >= 0.6 is 0 Å². The quantitative estimate of drug-likeness (QED) is 0.741. The molecule has 1 fully saturated rings. The van der Waals surface area contributed by atoms with E-state index in [4.69, 9.17) is 4.74 Å². The van der Waals surface area contributed by atoms with Crippen LogP contribution in [-0.2, 0) is 34.2 Å². The van der Waals surface area contributed by atoms with Gasteiger partial charge in [0.15, 0.2) is 0 Å². The first-order valence-corrected chi connectivity index (χ1v) is 10.3. The van der Waals surface area contributed by atoms with Crippen LogP contribution in [0.25, 0.3) is 0 Å². The second-order valence-electron chi connectivity index (χ2n) is 6.58. The third-order valence-electron chi connectivity index (χ3n) is 4.25. The average Bonchev–Trinajstić information content (AvgIpc) is 3.19. The fourth-order valence-corrected chi connectivity index (χ4v) is 3.97. The van der Waals surface area contributed by atoms with Gasteiger partial charge in [0.2, 0.25) is 15.0 Å². The third-order valence-corrected chi connectivity index (χ3v) is 5.24. The molecule has 2 aromatic rings. The molecule has 0 saturated carbocycles. The number of imidazole rings is 1. The van der Waals surface area contributed by atoms with Gasteiger partial charge in [-0.05, 0) is 31.5 Å². The lowest BCUT2D eigenvalue weighted by atomic mass is 10.2. The van der Waals surface area contributed by atoms with Gasteiger partial charge in [0.25, 0.3) is 0 Å². The summed E-state index contributed by atoms with van der Waals surface area (Å²) in [7, 11) is -1.38. The Kier molecular flexibility index (Phi) is 5.51. The van der Waals surface area contributed by atoms with Crippen LogP contribution in [0.2, 0.25) is 0 Å². The number of nitrogens with zero attached hydrogens (tertiary/aromatic N) is 4. The van der Waals surface area contributed by atoms with Crippen molar-refractivity contribution in [3.8, 4) is 0 Å². The molecule has 0 aliphatic carbocycles.